The molecule has 0 amide bonds. The van der Waals surface area contributed by atoms with Crippen LogP contribution < -0.4 is 5.32 Å². The second kappa shape index (κ2) is 3.94. The molecule has 0 aliphatic carbocycles. The van der Waals surface area contributed by atoms with E-state index < -0.39 is 0 Å². The number of nitrogens with one attached hydrogen (secondary N) is 1. The van der Waals surface area contributed by atoms with E-state index in [9.17, 15) is 0 Å². The van der Waals surface area contributed by atoms with Crippen molar-refractivity contribution in [2.45, 2.75) is 51.3 Å². The highest BCUT2D eigenvalue weighted by Gasteiger charge is 2.20. The van der Waals surface area contributed by atoms with Crippen molar-refractivity contribution in [2.24, 2.45) is 0 Å². The van der Waals surface area contributed by atoms with E-state index in [1.54, 1.807) is 0 Å². The Hall–Kier alpha value is -0.0800. The summed E-state index contributed by atoms with van der Waals surface area (Å²) in [6.07, 6.45) is 5.64. The molecular weight excluding hydrogens is 126 g/mol. The Morgan fingerprint density at radius 3 is 2.80 bits per heavy atom. The van der Waals surface area contributed by atoms with Crippen LogP contribution in [0.2, 0.25) is 0 Å². The molecule has 1 rings (SSSR count). The average Bonchev–Trinajstić information content (AvgIpc) is 2.31. The number of aliphatic hydroxyl groups excluding tert-OH is 1. The van der Waals surface area contributed by atoms with Crippen LogP contribution in [-0.4, -0.2) is 17.4 Å². The summed E-state index contributed by atoms with van der Waals surface area (Å²) in [5.41, 5.74) is 0. The molecule has 1 heterocycles. The summed E-state index contributed by atoms with van der Waals surface area (Å²) in [7, 11) is 0. The van der Waals surface area contributed by atoms with Crippen LogP contribution in [0.25, 0.3) is 0 Å². The lowest BCUT2D eigenvalue weighted by Crippen LogP contribution is -2.28. The van der Waals surface area contributed by atoms with E-state index in [4.69, 9.17) is 5.11 Å². The highest BCUT2D eigenvalue weighted by molar-refractivity contribution is 4.76. The molecule has 2 unspecified atom stereocenters. The van der Waals surface area contributed by atoms with E-state index in [0.717, 1.165) is 12.8 Å². The first kappa shape index (κ1) is 8.02. The minimum atomic E-state index is -0.221. The van der Waals surface area contributed by atoms with E-state index in [2.05, 4.69) is 12.2 Å². The maximum absolute atomic E-state index is 9.09. The van der Waals surface area contributed by atoms with Gasteiger partial charge in [0.1, 0.15) is 6.23 Å². The van der Waals surface area contributed by atoms with Crippen molar-refractivity contribution in [3.05, 3.63) is 0 Å². The molecule has 2 N–H and O–H groups in total. The summed E-state index contributed by atoms with van der Waals surface area (Å²) in [5, 5.41) is 12.2. The fourth-order valence-corrected chi connectivity index (χ4v) is 1.48. The third kappa shape index (κ3) is 2.27. The third-order valence-electron chi connectivity index (χ3n) is 2.12. The summed E-state index contributed by atoms with van der Waals surface area (Å²) < 4.78 is 0. The zero-order valence-corrected chi connectivity index (χ0v) is 6.64. The van der Waals surface area contributed by atoms with E-state index in [0.29, 0.717) is 6.04 Å². The number of hydrogen-bond acceptors (Lipinski definition) is 2. The third-order valence-corrected chi connectivity index (χ3v) is 2.12. The SMILES string of the molecule is CCCCC1CCC(O)N1. The van der Waals surface area contributed by atoms with E-state index >= 15 is 0 Å². The van der Waals surface area contributed by atoms with Crippen LogP contribution in [0.5, 0.6) is 0 Å². The van der Waals surface area contributed by atoms with Gasteiger partial charge in [-0.1, -0.05) is 19.8 Å². The summed E-state index contributed by atoms with van der Waals surface area (Å²) >= 11 is 0. The molecule has 1 aliphatic rings. The Morgan fingerprint density at radius 1 is 1.50 bits per heavy atom. The zero-order valence-electron chi connectivity index (χ0n) is 6.64. The Balaban J connectivity index is 2.06. The molecule has 60 valence electrons. The predicted molar refractivity (Wildman–Crippen MR) is 41.7 cm³/mol. The van der Waals surface area contributed by atoms with Crippen LogP contribution in [0.1, 0.15) is 39.0 Å². The molecular formula is C8H17NO. The Bertz CT molecular complexity index is 95.3. The largest absolute Gasteiger partial charge is 0.379 e. The molecule has 1 aliphatic heterocycles. The van der Waals surface area contributed by atoms with Crippen LogP contribution in [-0.2, 0) is 0 Å². The highest BCUT2D eigenvalue weighted by Crippen LogP contribution is 2.14. The van der Waals surface area contributed by atoms with Gasteiger partial charge < -0.3 is 5.11 Å². The number of unbranched alkanes of at least 4 members (excludes halogenated alkanes) is 1. The lowest BCUT2D eigenvalue weighted by atomic mass is 10.1. The van der Waals surface area contributed by atoms with Gasteiger partial charge in [0, 0.05) is 6.04 Å². The van der Waals surface area contributed by atoms with Crippen molar-refractivity contribution < 1.29 is 5.11 Å². The van der Waals surface area contributed by atoms with Gasteiger partial charge >= 0.3 is 0 Å². The molecule has 0 aromatic carbocycles. The van der Waals surface area contributed by atoms with Gasteiger partial charge in [0.2, 0.25) is 0 Å². The second-order valence-corrected chi connectivity index (χ2v) is 3.10. The normalized spacial score (nSPS) is 33.0. The standard InChI is InChI=1S/C8H17NO/c1-2-3-4-7-5-6-8(10)9-7/h7-10H,2-6H2,1H3. The van der Waals surface area contributed by atoms with Crippen molar-refractivity contribution in [2.75, 3.05) is 0 Å². The predicted octanol–water partition coefficient (Wildman–Crippen LogP) is 1.25. The molecule has 0 radical (unpaired) electrons. The van der Waals surface area contributed by atoms with Crippen LogP contribution >= 0.6 is 0 Å². The van der Waals surface area contributed by atoms with Gasteiger partial charge in [-0.25, -0.2) is 0 Å². The molecule has 0 aromatic rings. The summed E-state index contributed by atoms with van der Waals surface area (Å²) in [6.45, 7) is 2.20. The van der Waals surface area contributed by atoms with E-state index in [-0.39, 0.29) is 6.23 Å². The van der Waals surface area contributed by atoms with Crippen LogP contribution in [0.15, 0.2) is 0 Å². The molecule has 1 saturated heterocycles. The van der Waals surface area contributed by atoms with Gasteiger partial charge in [0.15, 0.2) is 0 Å². The lowest BCUT2D eigenvalue weighted by Gasteiger charge is -2.09. The maximum Gasteiger partial charge on any atom is 0.105 e. The second-order valence-electron chi connectivity index (χ2n) is 3.10. The van der Waals surface area contributed by atoms with Gasteiger partial charge in [-0.15, -0.1) is 0 Å². The fraction of sp³-hybridized carbons (Fsp3) is 1.00. The molecule has 0 aromatic heterocycles. The Labute approximate surface area is 62.6 Å². The van der Waals surface area contributed by atoms with Crippen molar-refractivity contribution in [3.63, 3.8) is 0 Å². The Kier molecular flexibility index (Phi) is 3.16. The van der Waals surface area contributed by atoms with Crippen LogP contribution in [0, 0.1) is 0 Å². The number of hydrogen-bond donors (Lipinski definition) is 2. The number of aliphatic hydroxyl groups is 1. The fourth-order valence-electron chi connectivity index (χ4n) is 1.48. The van der Waals surface area contributed by atoms with Crippen molar-refractivity contribution >= 4 is 0 Å². The topological polar surface area (TPSA) is 32.3 Å². The maximum atomic E-state index is 9.09. The van der Waals surface area contributed by atoms with Gasteiger partial charge in [-0.3, -0.25) is 5.32 Å². The number of rotatable bonds is 3. The van der Waals surface area contributed by atoms with E-state index in [1.165, 1.54) is 19.3 Å². The van der Waals surface area contributed by atoms with Crippen molar-refractivity contribution in [1.82, 2.24) is 5.32 Å². The molecule has 0 spiro atoms. The highest BCUT2D eigenvalue weighted by atomic mass is 16.3. The summed E-state index contributed by atoms with van der Waals surface area (Å²) in [6, 6.07) is 0.593. The summed E-state index contributed by atoms with van der Waals surface area (Å²) in [5.74, 6) is 0. The molecule has 2 heteroatoms. The van der Waals surface area contributed by atoms with Gasteiger partial charge in [0.05, 0.1) is 0 Å². The van der Waals surface area contributed by atoms with Gasteiger partial charge in [-0.2, -0.15) is 0 Å². The zero-order chi connectivity index (χ0) is 7.40. The van der Waals surface area contributed by atoms with E-state index in [1.807, 2.05) is 0 Å². The smallest absolute Gasteiger partial charge is 0.105 e. The minimum absolute atomic E-state index is 0.221. The molecule has 2 nitrogen and oxygen atoms in total. The van der Waals surface area contributed by atoms with Crippen LogP contribution in [0.4, 0.5) is 0 Å². The van der Waals surface area contributed by atoms with Crippen molar-refractivity contribution in [3.8, 4) is 0 Å². The molecule has 0 saturated carbocycles. The molecule has 2 atom stereocenters. The van der Waals surface area contributed by atoms with Crippen LogP contribution in [0.3, 0.4) is 0 Å². The van der Waals surface area contributed by atoms with Gasteiger partial charge in [-0.05, 0) is 19.3 Å². The molecule has 0 bridgehead atoms. The minimum Gasteiger partial charge on any atom is -0.379 e. The average molecular weight is 143 g/mol. The van der Waals surface area contributed by atoms with Crippen molar-refractivity contribution in [1.29, 1.82) is 0 Å². The lowest BCUT2D eigenvalue weighted by molar-refractivity contribution is 0.153. The molecule has 1 fully saturated rings. The first-order chi connectivity index (χ1) is 4.83. The quantitative estimate of drug-likeness (QED) is 0.623. The van der Waals surface area contributed by atoms with Gasteiger partial charge in [0.25, 0.3) is 0 Å². The first-order valence-corrected chi connectivity index (χ1v) is 4.27. The summed E-state index contributed by atoms with van der Waals surface area (Å²) in [4.78, 5) is 0. The first-order valence-electron chi connectivity index (χ1n) is 4.27. The Morgan fingerprint density at radius 2 is 2.30 bits per heavy atom. The molecule has 10 heavy (non-hydrogen) atoms. The monoisotopic (exact) mass is 143 g/mol.